The second-order valence-electron chi connectivity index (χ2n) is 8.31. The van der Waals surface area contributed by atoms with Crippen LogP contribution in [0.3, 0.4) is 0 Å². The Morgan fingerprint density at radius 3 is 2.37 bits per heavy atom. The standard InChI is InChI=1S/C25H23F4N3O3/c26-23-20(12-7-16-3-5-17(6-4-16)14-22(33)34)30-15-31-24(23)32-13-1-2-21(32)18-8-10-19(11-9-18)35-25(27,28)29/h3-6,8-11,15,21H,1-2,7,12-14H2,(H,33,34). The van der Waals surface area contributed by atoms with Crippen LogP contribution in [0.25, 0.3) is 0 Å². The Balaban J connectivity index is 1.46. The molecular formula is C25H23F4N3O3. The molecular weight excluding hydrogens is 466 g/mol. The quantitative estimate of drug-likeness (QED) is 0.435. The third kappa shape index (κ3) is 6.26. The molecule has 184 valence electrons. The Labute approximate surface area is 199 Å². The molecule has 1 aliphatic rings. The van der Waals surface area contributed by atoms with Gasteiger partial charge in [-0.1, -0.05) is 36.4 Å². The van der Waals surface area contributed by atoms with Crippen molar-refractivity contribution in [3.8, 4) is 5.75 Å². The van der Waals surface area contributed by atoms with Crippen molar-refractivity contribution >= 4 is 11.8 Å². The molecule has 0 aliphatic carbocycles. The molecule has 1 N–H and O–H groups in total. The van der Waals surface area contributed by atoms with Crippen molar-refractivity contribution in [2.75, 3.05) is 11.4 Å². The number of aryl methyl sites for hydroxylation is 2. The first-order chi connectivity index (χ1) is 16.7. The van der Waals surface area contributed by atoms with Crippen molar-refractivity contribution in [3.05, 3.63) is 83.1 Å². The number of nitrogens with zero attached hydrogens (tertiary/aromatic N) is 3. The van der Waals surface area contributed by atoms with E-state index in [1.54, 1.807) is 24.3 Å². The van der Waals surface area contributed by atoms with Gasteiger partial charge in [0.15, 0.2) is 11.6 Å². The van der Waals surface area contributed by atoms with Crippen LogP contribution in [0, 0.1) is 5.82 Å². The number of anilines is 1. The summed E-state index contributed by atoms with van der Waals surface area (Å²) in [5.74, 6) is -1.56. The molecule has 0 spiro atoms. The molecule has 2 heterocycles. The molecule has 1 fully saturated rings. The first kappa shape index (κ1) is 24.4. The molecule has 35 heavy (non-hydrogen) atoms. The highest BCUT2D eigenvalue weighted by molar-refractivity contribution is 5.70. The number of carbonyl (C=O) groups is 1. The molecule has 0 radical (unpaired) electrons. The van der Waals surface area contributed by atoms with Gasteiger partial charge in [-0.2, -0.15) is 0 Å². The third-order valence-corrected chi connectivity index (χ3v) is 5.90. The van der Waals surface area contributed by atoms with Crippen LogP contribution in [0.4, 0.5) is 23.4 Å². The number of alkyl halides is 3. The summed E-state index contributed by atoms with van der Waals surface area (Å²) in [4.78, 5) is 20.9. The van der Waals surface area contributed by atoms with Crippen molar-refractivity contribution in [2.24, 2.45) is 0 Å². The molecule has 1 aliphatic heterocycles. The summed E-state index contributed by atoms with van der Waals surface area (Å²) in [5, 5.41) is 8.87. The first-order valence-corrected chi connectivity index (χ1v) is 11.1. The van der Waals surface area contributed by atoms with E-state index in [1.165, 1.54) is 18.5 Å². The van der Waals surface area contributed by atoms with E-state index < -0.39 is 18.1 Å². The van der Waals surface area contributed by atoms with E-state index in [-0.39, 0.29) is 29.7 Å². The monoisotopic (exact) mass is 489 g/mol. The number of halogens is 4. The van der Waals surface area contributed by atoms with Gasteiger partial charge in [-0.15, -0.1) is 13.2 Å². The smallest absolute Gasteiger partial charge is 0.481 e. The van der Waals surface area contributed by atoms with Crippen molar-refractivity contribution < 1.29 is 32.2 Å². The zero-order valence-electron chi connectivity index (χ0n) is 18.6. The van der Waals surface area contributed by atoms with Gasteiger partial charge in [0.2, 0.25) is 0 Å². The van der Waals surface area contributed by atoms with Gasteiger partial charge in [-0.25, -0.2) is 14.4 Å². The van der Waals surface area contributed by atoms with Crippen LogP contribution in [0.1, 0.15) is 41.3 Å². The fraction of sp³-hybridized carbons (Fsp3) is 0.320. The van der Waals surface area contributed by atoms with Crippen LogP contribution >= 0.6 is 0 Å². The third-order valence-electron chi connectivity index (χ3n) is 5.90. The van der Waals surface area contributed by atoms with Gasteiger partial charge in [0.25, 0.3) is 0 Å². The molecule has 0 bridgehead atoms. The summed E-state index contributed by atoms with van der Waals surface area (Å²) in [7, 11) is 0. The van der Waals surface area contributed by atoms with Crippen molar-refractivity contribution in [1.82, 2.24) is 9.97 Å². The van der Waals surface area contributed by atoms with E-state index in [9.17, 15) is 18.0 Å². The zero-order chi connectivity index (χ0) is 25.0. The maximum atomic E-state index is 15.4. The van der Waals surface area contributed by atoms with E-state index in [0.29, 0.717) is 31.4 Å². The highest BCUT2D eigenvalue weighted by Crippen LogP contribution is 2.37. The summed E-state index contributed by atoms with van der Waals surface area (Å²) in [6.07, 6.45) is -1.15. The van der Waals surface area contributed by atoms with E-state index in [2.05, 4.69) is 14.7 Å². The van der Waals surface area contributed by atoms with Crippen LogP contribution < -0.4 is 9.64 Å². The van der Waals surface area contributed by atoms with Crippen LogP contribution in [-0.2, 0) is 24.1 Å². The molecule has 4 rings (SSSR count). The maximum absolute atomic E-state index is 15.4. The van der Waals surface area contributed by atoms with Gasteiger partial charge in [0.1, 0.15) is 12.1 Å². The number of ether oxygens (including phenoxy) is 1. The predicted molar refractivity (Wildman–Crippen MR) is 120 cm³/mol. The molecule has 0 saturated carbocycles. The number of aliphatic carboxylic acids is 1. The van der Waals surface area contributed by atoms with Gasteiger partial charge in [0.05, 0.1) is 18.2 Å². The average Bonchev–Trinajstić information content (AvgIpc) is 3.28. The fourth-order valence-electron chi connectivity index (χ4n) is 4.29. The zero-order valence-corrected chi connectivity index (χ0v) is 18.6. The van der Waals surface area contributed by atoms with Crippen molar-refractivity contribution in [3.63, 3.8) is 0 Å². The molecule has 6 nitrogen and oxygen atoms in total. The Bertz CT molecular complexity index is 1170. The molecule has 2 aromatic carbocycles. The SMILES string of the molecule is O=C(O)Cc1ccc(CCc2ncnc(N3CCCC3c3ccc(OC(F)(F)F)cc3)c2F)cc1. The summed E-state index contributed by atoms with van der Waals surface area (Å²) < 4.78 is 56.6. The second kappa shape index (κ2) is 10.3. The van der Waals surface area contributed by atoms with Gasteiger partial charge in [0, 0.05) is 6.54 Å². The van der Waals surface area contributed by atoms with Crippen LogP contribution in [0.15, 0.2) is 54.9 Å². The molecule has 3 aromatic rings. The number of benzene rings is 2. The Morgan fingerprint density at radius 1 is 1.03 bits per heavy atom. The summed E-state index contributed by atoms with van der Waals surface area (Å²) in [5.41, 5.74) is 2.64. The van der Waals surface area contributed by atoms with Gasteiger partial charge in [-0.3, -0.25) is 4.79 Å². The minimum atomic E-state index is -4.76. The number of rotatable bonds is 8. The van der Waals surface area contributed by atoms with E-state index in [1.807, 2.05) is 17.0 Å². The fourth-order valence-corrected chi connectivity index (χ4v) is 4.29. The minimum Gasteiger partial charge on any atom is -0.481 e. The van der Waals surface area contributed by atoms with Crippen LogP contribution in [-0.4, -0.2) is 34.0 Å². The molecule has 1 unspecified atom stereocenters. The van der Waals surface area contributed by atoms with Crippen LogP contribution in [0.5, 0.6) is 5.75 Å². The molecule has 0 amide bonds. The number of hydrogen-bond donors (Lipinski definition) is 1. The molecule has 1 atom stereocenters. The lowest BCUT2D eigenvalue weighted by atomic mass is 10.0. The van der Waals surface area contributed by atoms with Gasteiger partial charge >= 0.3 is 12.3 Å². The number of hydrogen-bond acceptors (Lipinski definition) is 5. The predicted octanol–water partition coefficient (Wildman–Crippen LogP) is 5.27. The highest BCUT2D eigenvalue weighted by Gasteiger charge is 2.32. The van der Waals surface area contributed by atoms with Crippen LogP contribution in [0.2, 0.25) is 0 Å². The maximum Gasteiger partial charge on any atom is 0.573 e. The normalized spacial score (nSPS) is 15.9. The van der Waals surface area contributed by atoms with Gasteiger partial charge in [-0.05, 0) is 54.5 Å². The topological polar surface area (TPSA) is 75.5 Å². The summed E-state index contributed by atoms with van der Waals surface area (Å²) >= 11 is 0. The van der Waals surface area contributed by atoms with Gasteiger partial charge < -0.3 is 14.7 Å². The summed E-state index contributed by atoms with van der Waals surface area (Å²) in [6, 6.07) is 12.5. The Morgan fingerprint density at radius 2 is 1.71 bits per heavy atom. The van der Waals surface area contributed by atoms with Crippen molar-refractivity contribution in [2.45, 2.75) is 44.5 Å². The molecule has 10 heteroatoms. The van der Waals surface area contributed by atoms with E-state index in [0.717, 1.165) is 17.5 Å². The first-order valence-electron chi connectivity index (χ1n) is 11.1. The van der Waals surface area contributed by atoms with E-state index >= 15 is 4.39 Å². The van der Waals surface area contributed by atoms with Crippen molar-refractivity contribution in [1.29, 1.82) is 0 Å². The molecule has 1 aromatic heterocycles. The summed E-state index contributed by atoms with van der Waals surface area (Å²) in [6.45, 7) is 0.559. The lowest BCUT2D eigenvalue weighted by molar-refractivity contribution is -0.274. The largest absolute Gasteiger partial charge is 0.573 e. The molecule has 1 saturated heterocycles. The van der Waals surface area contributed by atoms with E-state index in [4.69, 9.17) is 5.11 Å². The minimum absolute atomic E-state index is 0.0563. The highest BCUT2D eigenvalue weighted by atomic mass is 19.4. The Kier molecular flexibility index (Phi) is 7.18. The average molecular weight is 489 g/mol. The number of carboxylic acids is 1. The number of aromatic nitrogens is 2. The second-order valence-corrected chi connectivity index (χ2v) is 8.31. The number of carboxylic acid groups (broad SMARTS) is 1. The lowest BCUT2D eigenvalue weighted by Crippen LogP contribution is -2.25. The lowest BCUT2D eigenvalue weighted by Gasteiger charge is -2.27. The Hall–Kier alpha value is -3.69.